The molecule has 0 amide bonds. The highest BCUT2D eigenvalue weighted by atomic mass is 32.1. The van der Waals surface area contributed by atoms with Crippen LogP contribution in [0.5, 0.6) is 0 Å². The van der Waals surface area contributed by atoms with Gasteiger partial charge in [-0.05, 0) is 72.8 Å². The van der Waals surface area contributed by atoms with Gasteiger partial charge in [0, 0.05) is 24.0 Å². The third kappa shape index (κ3) is 5.21. The van der Waals surface area contributed by atoms with Crippen molar-refractivity contribution < 1.29 is 0 Å². The first-order valence-electron chi connectivity index (χ1n) is 10.3. The van der Waals surface area contributed by atoms with Gasteiger partial charge in [-0.1, -0.05) is 6.42 Å². The van der Waals surface area contributed by atoms with Gasteiger partial charge in [-0.2, -0.15) is 0 Å². The summed E-state index contributed by atoms with van der Waals surface area (Å²) in [5.74, 6) is 0.899. The fraction of sp³-hybridized carbons (Fsp3) is 0.800. The number of aromatic nitrogens is 1. The van der Waals surface area contributed by atoms with Gasteiger partial charge in [-0.3, -0.25) is 9.89 Å². The molecular formula is C20H36N6S. The molecule has 0 radical (unpaired) electrons. The van der Waals surface area contributed by atoms with Crippen molar-refractivity contribution in [1.29, 1.82) is 0 Å². The maximum Gasteiger partial charge on any atom is 0.191 e. The van der Waals surface area contributed by atoms with E-state index in [0.29, 0.717) is 0 Å². The molecule has 0 unspecified atom stereocenters. The molecule has 152 valence electrons. The molecule has 0 aromatic carbocycles. The molecule has 2 saturated heterocycles. The molecule has 3 rings (SSSR count). The molecule has 3 heterocycles. The second-order valence-corrected chi connectivity index (χ2v) is 9.38. The van der Waals surface area contributed by atoms with E-state index in [-0.39, 0.29) is 5.54 Å². The van der Waals surface area contributed by atoms with Gasteiger partial charge in [-0.15, -0.1) is 11.3 Å². The Labute approximate surface area is 168 Å². The second-order valence-electron chi connectivity index (χ2n) is 8.10. The van der Waals surface area contributed by atoms with Crippen molar-refractivity contribution in [2.45, 2.75) is 58.0 Å². The minimum atomic E-state index is 0.265. The first-order chi connectivity index (χ1) is 13.0. The summed E-state index contributed by atoms with van der Waals surface area (Å²) in [7, 11) is 4.11. The molecule has 2 aliphatic heterocycles. The molecule has 1 aromatic rings. The van der Waals surface area contributed by atoms with Gasteiger partial charge in [0.05, 0.1) is 17.2 Å². The molecule has 1 aromatic heterocycles. The van der Waals surface area contributed by atoms with E-state index in [1.807, 2.05) is 7.05 Å². The Bertz CT molecular complexity index is 626. The topological polar surface area (TPSA) is 55.8 Å². The van der Waals surface area contributed by atoms with Crippen LogP contribution in [0.3, 0.4) is 0 Å². The molecule has 2 fully saturated rings. The summed E-state index contributed by atoms with van der Waals surface area (Å²) in [6.07, 6.45) is 6.54. The lowest BCUT2D eigenvalue weighted by molar-refractivity contribution is 0.0173. The molecule has 0 atom stereocenters. The van der Waals surface area contributed by atoms with E-state index >= 15 is 0 Å². The SMILES string of the molecule is CN=C(NCc1sc(C)nc1C)NCC1(N2CCCCC2)CCN(C)CC1. The van der Waals surface area contributed by atoms with Crippen LogP contribution in [0.4, 0.5) is 0 Å². The lowest BCUT2D eigenvalue weighted by Crippen LogP contribution is -2.62. The molecule has 7 heteroatoms. The van der Waals surface area contributed by atoms with Gasteiger partial charge in [-0.25, -0.2) is 4.98 Å². The summed E-state index contributed by atoms with van der Waals surface area (Å²) >= 11 is 1.77. The summed E-state index contributed by atoms with van der Waals surface area (Å²) in [6.45, 7) is 10.8. The van der Waals surface area contributed by atoms with Gasteiger partial charge >= 0.3 is 0 Å². The van der Waals surface area contributed by atoms with E-state index in [1.165, 1.54) is 63.2 Å². The first-order valence-corrected chi connectivity index (χ1v) is 11.1. The average Bonchev–Trinajstić information content (AvgIpc) is 3.01. The van der Waals surface area contributed by atoms with E-state index in [9.17, 15) is 0 Å². The summed E-state index contributed by atoms with van der Waals surface area (Å²) in [5, 5.41) is 8.27. The van der Waals surface area contributed by atoms with Crippen LogP contribution < -0.4 is 10.6 Å². The molecule has 2 N–H and O–H groups in total. The van der Waals surface area contributed by atoms with E-state index in [2.05, 4.69) is 51.3 Å². The summed E-state index contributed by atoms with van der Waals surface area (Å²) in [6, 6.07) is 0. The van der Waals surface area contributed by atoms with Crippen molar-refractivity contribution >= 4 is 17.3 Å². The summed E-state index contributed by atoms with van der Waals surface area (Å²) in [4.78, 5) is 15.5. The Morgan fingerprint density at radius 3 is 2.41 bits per heavy atom. The highest BCUT2D eigenvalue weighted by Gasteiger charge is 2.39. The third-order valence-electron chi connectivity index (χ3n) is 6.17. The Morgan fingerprint density at radius 1 is 1.11 bits per heavy atom. The van der Waals surface area contributed by atoms with Crippen LogP contribution >= 0.6 is 11.3 Å². The van der Waals surface area contributed by atoms with Crippen molar-refractivity contribution in [1.82, 2.24) is 25.4 Å². The number of hydrogen-bond acceptors (Lipinski definition) is 5. The van der Waals surface area contributed by atoms with Crippen molar-refractivity contribution in [3.05, 3.63) is 15.6 Å². The fourth-order valence-corrected chi connectivity index (χ4v) is 5.26. The number of guanidine groups is 1. The minimum Gasteiger partial charge on any atom is -0.355 e. The predicted molar refractivity (Wildman–Crippen MR) is 115 cm³/mol. The number of rotatable bonds is 5. The number of hydrogen-bond donors (Lipinski definition) is 2. The normalized spacial score (nSPS) is 22.0. The smallest absolute Gasteiger partial charge is 0.191 e. The molecular weight excluding hydrogens is 356 g/mol. The number of piperidine rings is 2. The molecule has 0 bridgehead atoms. The minimum absolute atomic E-state index is 0.265. The number of likely N-dealkylation sites (tertiary alicyclic amines) is 2. The van der Waals surface area contributed by atoms with Crippen LogP contribution in [-0.2, 0) is 6.54 Å². The fourth-order valence-electron chi connectivity index (χ4n) is 4.38. The number of nitrogens with one attached hydrogen (secondary N) is 2. The summed E-state index contributed by atoms with van der Waals surface area (Å²) < 4.78 is 0. The van der Waals surface area contributed by atoms with Crippen LogP contribution in [-0.4, -0.2) is 73.1 Å². The first kappa shape index (κ1) is 20.6. The number of thiazole rings is 1. The van der Waals surface area contributed by atoms with Crippen LogP contribution in [0.2, 0.25) is 0 Å². The zero-order chi connectivity index (χ0) is 19.3. The van der Waals surface area contributed by atoms with E-state index in [0.717, 1.165) is 29.8 Å². The predicted octanol–water partition coefficient (Wildman–Crippen LogP) is 2.38. The maximum absolute atomic E-state index is 4.52. The maximum atomic E-state index is 4.52. The van der Waals surface area contributed by atoms with Gasteiger partial charge < -0.3 is 15.5 Å². The molecule has 0 spiro atoms. The van der Waals surface area contributed by atoms with Gasteiger partial charge in [0.2, 0.25) is 0 Å². The molecule has 0 aliphatic carbocycles. The third-order valence-corrected chi connectivity index (χ3v) is 7.24. The number of aliphatic imine (C=N–C) groups is 1. The largest absolute Gasteiger partial charge is 0.355 e. The molecule has 27 heavy (non-hydrogen) atoms. The molecule has 6 nitrogen and oxygen atoms in total. The van der Waals surface area contributed by atoms with Gasteiger partial charge in [0.15, 0.2) is 5.96 Å². The zero-order valence-electron chi connectivity index (χ0n) is 17.5. The van der Waals surface area contributed by atoms with Gasteiger partial charge in [0.1, 0.15) is 0 Å². The average molecular weight is 393 g/mol. The Hall–Kier alpha value is -1.18. The Balaban J connectivity index is 1.60. The van der Waals surface area contributed by atoms with Crippen LogP contribution in [0.25, 0.3) is 0 Å². The number of aryl methyl sites for hydroxylation is 2. The van der Waals surface area contributed by atoms with Crippen molar-refractivity contribution in [3.63, 3.8) is 0 Å². The Kier molecular flexibility index (Phi) is 7.11. The number of nitrogens with zero attached hydrogens (tertiary/aromatic N) is 4. The van der Waals surface area contributed by atoms with Crippen LogP contribution in [0, 0.1) is 13.8 Å². The van der Waals surface area contributed by atoms with E-state index < -0.39 is 0 Å². The molecule has 2 aliphatic rings. The second kappa shape index (κ2) is 9.34. The highest BCUT2D eigenvalue weighted by molar-refractivity contribution is 7.11. The van der Waals surface area contributed by atoms with E-state index in [4.69, 9.17) is 0 Å². The zero-order valence-corrected chi connectivity index (χ0v) is 18.3. The van der Waals surface area contributed by atoms with Gasteiger partial charge in [0.25, 0.3) is 0 Å². The van der Waals surface area contributed by atoms with Crippen molar-refractivity contribution in [2.75, 3.05) is 46.8 Å². The summed E-state index contributed by atoms with van der Waals surface area (Å²) in [5.41, 5.74) is 1.39. The molecule has 0 saturated carbocycles. The highest BCUT2D eigenvalue weighted by Crippen LogP contribution is 2.30. The standard InChI is InChI=1S/C20H36N6S/c1-16-18(27-17(2)24-16)14-22-19(21-3)23-15-20(8-12-25(4)13-9-20)26-10-6-5-7-11-26/h5-15H2,1-4H3,(H2,21,22,23). The van der Waals surface area contributed by atoms with E-state index in [1.54, 1.807) is 11.3 Å². The Morgan fingerprint density at radius 2 is 1.81 bits per heavy atom. The monoisotopic (exact) mass is 392 g/mol. The quantitative estimate of drug-likeness (QED) is 0.595. The van der Waals surface area contributed by atoms with Crippen molar-refractivity contribution in [3.8, 4) is 0 Å². The van der Waals surface area contributed by atoms with Crippen molar-refractivity contribution in [2.24, 2.45) is 4.99 Å². The lowest BCUT2D eigenvalue weighted by Gasteiger charge is -2.50. The van der Waals surface area contributed by atoms with Crippen LogP contribution in [0.1, 0.15) is 47.7 Å². The lowest BCUT2D eigenvalue weighted by atomic mass is 9.84. The van der Waals surface area contributed by atoms with Crippen LogP contribution in [0.15, 0.2) is 4.99 Å².